The Morgan fingerprint density at radius 2 is 2.29 bits per heavy atom. The fourth-order valence-electron chi connectivity index (χ4n) is 1.78. The van der Waals surface area contributed by atoms with Gasteiger partial charge in [-0.3, -0.25) is 0 Å². The fraction of sp³-hybridized carbons (Fsp3) is 0.778. The van der Waals surface area contributed by atoms with Crippen molar-refractivity contribution in [1.82, 2.24) is 10.2 Å². The molecule has 1 aliphatic rings. The fourth-order valence-corrected chi connectivity index (χ4v) is 1.90. The predicted octanol–water partition coefficient (Wildman–Crippen LogP) is 2.08. The topological polar surface area (TPSA) is 48.2 Å². The van der Waals surface area contributed by atoms with Crippen LogP contribution in [-0.4, -0.2) is 22.9 Å². The molecule has 1 aromatic rings. The van der Waals surface area contributed by atoms with Crippen LogP contribution in [0.4, 0.5) is 0 Å². The van der Waals surface area contributed by atoms with Gasteiger partial charge in [-0.15, -0.1) is 5.10 Å². The lowest BCUT2D eigenvalue weighted by Gasteiger charge is -2.33. The van der Waals surface area contributed by atoms with Crippen LogP contribution in [0.5, 0.6) is 0 Å². The van der Waals surface area contributed by atoms with E-state index in [1.54, 1.807) is 0 Å². The molecular weight excluding hydrogens is 204 g/mol. The van der Waals surface area contributed by atoms with E-state index in [9.17, 15) is 0 Å². The zero-order valence-electron chi connectivity index (χ0n) is 8.07. The standard InChI is InChI=1S/C9H13ClN2O2/c1-2-13-7-3-6(4-7)5-8-11-12-9(10)14-8/h6-7H,2-5H2,1H3. The van der Waals surface area contributed by atoms with Gasteiger partial charge in [0.2, 0.25) is 5.89 Å². The average Bonchev–Trinajstić information content (AvgIpc) is 2.48. The van der Waals surface area contributed by atoms with Crippen LogP contribution in [0.1, 0.15) is 25.7 Å². The van der Waals surface area contributed by atoms with Crippen LogP contribution in [0.2, 0.25) is 5.35 Å². The van der Waals surface area contributed by atoms with E-state index in [1.165, 1.54) is 0 Å². The van der Waals surface area contributed by atoms with Gasteiger partial charge in [0.1, 0.15) is 0 Å². The van der Waals surface area contributed by atoms with Crippen LogP contribution in [0.3, 0.4) is 0 Å². The number of aromatic nitrogens is 2. The summed E-state index contributed by atoms with van der Waals surface area (Å²) in [6, 6.07) is 0. The molecule has 0 saturated heterocycles. The predicted molar refractivity (Wildman–Crippen MR) is 51.2 cm³/mol. The third kappa shape index (κ3) is 2.25. The monoisotopic (exact) mass is 216 g/mol. The molecule has 0 atom stereocenters. The van der Waals surface area contributed by atoms with Gasteiger partial charge in [0.15, 0.2) is 0 Å². The van der Waals surface area contributed by atoms with E-state index in [0.717, 1.165) is 25.9 Å². The van der Waals surface area contributed by atoms with Crippen LogP contribution in [0, 0.1) is 5.92 Å². The van der Waals surface area contributed by atoms with Crippen LogP contribution in [-0.2, 0) is 11.2 Å². The van der Waals surface area contributed by atoms with Gasteiger partial charge in [0, 0.05) is 13.0 Å². The largest absolute Gasteiger partial charge is 0.412 e. The highest BCUT2D eigenvalue weighted by molar-refractivity contribution is 6.27. The molecule has 1 fully saturated rings. The molecule has 0 unspecified atom stereocenters. The first kappa shape index (κ1) is 9.93. The Morgan fingerprint density at radius 3 is 2.86 bits per heavy atom. The molecule has 0 spiro atoms. The van der Waals surface area contributed by atoms with Crippen molar-refractivity contribution in [2.75, 3.05) is 6.61 Å². The van der Waals surface area contributed by atoms with Gasteiger partial charge in [0.05, 0.1) is 6.10 Å². The summed E-state index contributed by atoms with van der Waals surface area (Å²) in [5.41, 5.74) is 0. The van der Waals surface area contributed by atoms with E-state index in [1.807, 2.05) is 6.92 Å². The summed E-state index contributed by atoms with van der Waals surface area (Å²) in [6.45, 7) is 2.81. The first-order valence-corrected chi connectivity index (χ1v) is 5.25. The van der Waals surface area contributed by atoms with E-state index >= 15 is 0 Å². The number of hydrogen-bond acceptors (Lipinski definition) is 4. The second-order valence-electron chi connectivity index (χ2n) is 3.57. The number of halogens is 1. The summed E-state index contributed by atoms with van der Waals surface area (Å²) >= 11 is 5.52. The lowest BCUT2D eigenvalue weighted by atomic mass is 9.80. The van der Waals surface area contributed by atoms with Crippen molar-refractivity contribution >= 4 is 11.6 Å². The van der Waals surface area contributed by atoms with Gasteiger partial charge in [-0.05, 0) is 37.3 Å². The number of hydrogen-bond donors (Lipinski definition) is 0. The molecule has 5 heteroatoms. The summed E-state index contributed by atoms with van der Waals surface area (Å²) in [5.74, 6) is 1.25. The van der Waals surface area contributed by atoms with E-state index in [0.29, 0.717) is 17.9 Å². The first-order valence-electron chi connectivity index (χ1n) is 4.87. The lowest BCUT2D eigenvalue weighted by molar-refractivity contribution is -0.0255. The molecule has 0 bridgehead atoms. The Balaban J connectivity index is 1.74. The summed E-state index contributed by atoms with van der Waals surface area (Å²) in [6.07, 6.45) is 3.44. The molecule has 1 aliphatic carbocycles. The summed E-state index contributed by atoms with van der Waals surface area (Å²) in [5, 5.41) is 7.55. The molecule has 78 valence electrons. The molecule has 1 aromatic heterocycles. The molecule has 14 heavy (non-hydrogen) atoms. The SMILES string of the molecule is CCOC1CC(Cc2nnc(Cl)o2)C1. The Kier molecular flexibility index (Phi) is 3.03. The molecule has 1 saturated carbocycles. The number of rotatable bonds is 4. The molecule has 2 rings (SSSR count). The highest BCUT2D eigenvalue weighted by Gasteiger charge is 2.30. The van der Waals surface area contributed by atoms with Crippen molar-refractivity contribution in [2.45, 2.75) is 32.3 Å². The van der Waals surface area contributed by atoms with Crippen molar-refractivity contribution in [3.05, 3.63) is 11.2 Å². The van der Waals surface area contributed by atoms with Crippen LogP contribution < -0.4 is 0 Å². The minimum atomic E-state index is 0.126. The second-order valence-corrected chi connectivity index (χ2v) is 3.89. The summed E-state index contributed by atoms with van der Waals surface area (Å²) in [7, 11) is 0. The van der Waals surface area contributed by atoms with Crippen molar-refractivity contribution in [1.29, 1.82) is 0 Å². The normalized spacial score (nSPS) is 26.1. The van der Waals surface area contributed by atoms with Gasteiger partial charge in [-0.1, -0.05) is 5.10 Å². The van der Waals surface area contributed by atoms with Crippen molar-refractivity contribution in [2.24, 2.45) is 5.92 Å². The third-order valence-corrected chi connectivity index (χ3v) is 2.65. The second kappa shape index (κ2) is 4.28. The lowest BCUT2D eigenvalue weighted by Crippen LogP contribution is -2.32. The van der Waals surface area contributed by atoms with E-state index in [2.05, 4.69) is 10.2 Å². The van der Waals surface area contributed by atoms with Gasteiger partial charge in [0.25, 0.3) is 0 Å². The highest BCUT2D eigenvalue weighted by atomic mass is 35.5. The Bertz CT molecular complexity index is 297. The van der Waals surface area contributed by atoms with Crippen LogP contribution in [0.15, 0.2) is 4.42 Å². The van der Waals surface area contributed by atoms with Crippen molar-refractivity contribution in [3.8, 4) is 0 Å². The molecule has 0 amide bonds. The maximum atomic E-state index is 5.52. The molecular formula is C9H13ClN2O2. The third-order valence-electron chi connectivity index (χ3n) is 2.50. The minimum absolute atomic E-state index is 0.126. The molecule has 0 N–H and O–H groups in total. The number of ether oxygens (including phenoxy) is 1. The van der Waals surface area contributed by atoms with Crippen LogP contribution >= 0.6 is 11.6 Å². The summed E-state index contributed by atoms with van der Waals surface area (Å²) < 4.78 is 10.5. The van der Waals surface area contributed by atoms with E-state index < -0.39 is 0 Å². The minimum Gasteiger partial charge on any atom is -0.412 e. The van der Waals surface area contributed by atoms with Gasteiger partial charge in [-0.2, -0.15) is 0 Å². The Morgan fingerprint density at radius 1 is 1.50 bits per heavy atom. The maximum Gasteiger partial charge on any atom is 0.312 e. The molecule has 0 aromatic carbocycles. The average molecular weight is 217 g/mol. The molecule has 1 heterocycles. The maximum absolute atomic E-state index is 5.52. The van der Waals surface area contributed by atoms with Crippen LogP contribution in [0.25, 0.3) is 0 Å². The number of nitrogens with zero attached hydrogens (tertiary/aromatic N) is 2. The first-order chi connectivity index (χ1) is 6.78. The molecule has 0 radical (unpaired) electrons. The van der Waals surface area contributed by atoms with Gasteiger partial charge in [-0.25, -0.2) is 0 Å². The Hall–Kier alpha value is -0.610. The van der Waals surface area contributed by atoms with E-state index in [-0.39, 0.29) is 5.35 Å². The van der Waals surface area contributed by atoms with Gasteiger partial charge >= 0.3 is 5.35 Å². The van der Waals surface area contributed by atoms with E-state index in [4.69, 9.17) is 20.8 Å². The van der Waals surface area contributed by atoms with Crippen molar-refractivity contribution < 1.29 is 9.15 Å². The molecule has 4 nitrogen and oxygen atoms in total. The van der Waals surface area contributed by atoms with Gasteiger partial charge < -0.3 is 9.15 Å². The summed E-state index contributed by atoms with van der Waals surface area (Å²) in [4.78, 5) is 0. The smallest absolute Gasteiger partial charge is 0.312 e. The highest BCUT2D eigenvalue weighted by Crippen LogP contribution is 2.32. The Labute approximate surface area is 87.6 Å². The molecule has 0 aliphatic heterocycles. The zero-order valence-corrected chi connectivity index (χ0v) is 8.83. The quantitative estimate of drug-likeness (QED) is 0.773. The van der Waals surface area contributed by atoms with Crippen molar-refractivity contribution in [3.63, 3.8) is 0 Å². The zero-order chi connectivity index (χ0) is 9.97.